The zero-order chi connectivity index (χ0) is 19.9. The molecule has 2 rings (SSSR count). The number of rotatable bonds is 9. The number of carbonyl (C=O) groups excluding carboxylic acids is 2. The molecule has 27 heavy (non-hydrogen) atoms. The van der Waals surface area contributed by atoms with E-state index < -0.39 is 15.9 Å². The van der Waals surface area contributed by atoms with E-state index in [0.717, 1.165) is 18.2 Å². The van der Waals surface area contributed by atoms with Gasteiger partial charge in [-0.2, -0.15) is 4.31 Å². The molecule has 0 atom stereocenters. The maximum atomic E-state index is 12.3. The minimum Gasteiger partial charge on any atom is -0.325 e. The summed E-state index contributed by atoms with van der Waals surface area (Å²) in [4.78, 5) is 23.7. The zero-order valence-corrected chi connectivity index (χ0v) is 16.3. The quantitative estimate of drug-likeness (QED) is 0.670. The van der Waals surface area contributed by atoms with E-state index in [0.29, 0.717) is 17.7 Å². The number of ketones is 1. The Balaban J connectivity index is 1.95. The minimum atomic E-state index is -3.51. The van der Waals surface area contributed by atoms with Gasteiger partial charge in [-0.3, -0.25) is 9.59 Å². The first-order valence-corrected chi connectivity index (χ1v) is 10.5. The van der Waals surface area contributed by atoms with E-state index in [4.69, 9.17) is 0 Å². The molecule has 0 radical (unpaired) electrons. The Morgan fingerprint density at radius 2 is 1.74 bits per heavy atom. The van der Waals surface area contributed by atoms with Crippen LogP contribution in [0.5, 0.6) is 0 Å². The number of carbonyl (C=O) groups is 2. The van der Waals surface area contributed by atoms with E-state index in [2.05, 4.69) is 5.32 Å². The lowest BCUT2D eigenvalue weighted by atomic mass is 10.1. The molecule has 2 aromatic carbocycles. The summed E-state index contributed by atoms with van der Waals surface area (Å²) in [5, 5.41) is 2.65. The number of nitrogens with one attached hydrogen (secondary N) is 1. The predicted octanol–water partition coefficient (Wildman–Crippen LogP) is 2.72. The number of Topliss-reactive ketones (excluding diaryl/α,β-unsaturated/α-hetero) is 1. The molecule has 0 aliphatic carbocycles. The molecule has 144 valence electrons. The zero-order valence-electron chi connectivity index (χ0n) is 15.5. The van der Waals surface area contributed by atoms with Gasteiger partial charge in [0.2, 0.25) is 15.9 Å². The molecule has 0 aliphatic rings. The van der Waals surface area contributed by atoms with Crippen molar-refractivity contribution in [2.24, 2.45) is 0 Å². The number of nitrogens with zero attached hydrogens (tertiary/aromatic N) is 1. The van der Waals surface area contributed by atoms with Crippen molar-refractivity contribution in [3.8, 4) is 0 Å². The molecule has 0 aromatic heterocycles. The first-order chi connectivity index (χ1) is 12.8. The molecule has 0 spiro atoms. The molecule has 2 aromatic rings. The number of aryl methyl sites for hydroxylation is 1. The van der Waals surface area contributed by atoms with Crippen LogP contribution < -0.4 is 5.32 Å². The van der Waals surface area contributed by atoms with Gasteiger partial charge in [0.15, 0.2) is 5.78 Å². The molecule has 6 nitrogen and oxygen atoms in total. The molecule has 0 heterocycles. The van der Waals surface area contributed by atoms with Crippen LogP contribution in [0.15, 0.2) is 54.6 Å². The first kappa shape index (κ1) is 20.8. The van der Waals surface area contributed by atoms with Crippen LogP contribution in [0, 0.1) is 0 Å². The molecule has 0 aliphatic heterocycles. The van der Waals surface area contributed by atoms with Crippen LogP contribution in [0.1, 0.15) is 29.3 Å². The third kappa shape index (κ3) is 6.96. The highest BCUT2D eigenvalue weighted by atomic mass is 32.2. The molecular formula is C20H24N2O4S. The van der Waals surface area contributed by atoms with Crippen molar-refractivity contribution >= 4 is 27.4 Å². The summed E-state index contributed by atoms with van der Waals surface area (Å²) in [7, 11) is -3.51. The predicted molar refractivity (Wildman–Crippen MR) is 106 cm³/mol. The van der Waals surface area contributed by atoms with E-state index >= 15 is 0 Å². The van der Waals surface area contributed by atoms with Crippen molar-refractivity contribution in [2.45, 2.75) is 19.8 Å². The van der Waals surface area contributed by atoms with Crippen molar-refractivity contribution in [2.75, 3.05) is 24.7 Å². The van der Waals surface area contributed by atoms with Gasteiger partial charge in [0, 0.05) is 17.8 Å². The Hall–Kier alpha value is -2.51. The SMILES string of the molecule is CC(=O)c1cccc(NC(=O)CN(CCCc2ccccc2)S(C)(=O)=O)c1. The lowest BCUT2D eigenvalue weighted by Gasteiger charge is -2.19. The van der Waals surface area contributed by atoms with Crippen LogP contribution in [-0.2, 0) is 21.2 Å². The van der Waals surface area contributed by atoms with Gasteiger partial charge in [-0.1, -0.05) is 42.5 Å². The molecule has 1 amide bonds. The van der Waals surface area contributed by atoms with Crippen LogP contribution in [0.3, 0.4) is 0 Å². The second-order valence-electron chi connectivity index (χ2n) is 6.37. The van der Waals surface area contributed by atoms with Crippen molar-refractivity contribution < 1.29 is 18.0 Å². The van der Waals surface area contributed by atoms with Crippen LogP contribution >= 0.6 is 0 Å². The van der Waals surface area contributed by atoms with Crippen LogP contribution in [0.25, 0.3) is 0 Å². The van der Waals surface area contributed by atoms with E-state index in [1.54, 1.807) is 24.3 Å². The first-order valence-electron chi connectivity index (χ1n) is 8.65. The Kier molecular flexibility index (Phi) is 7.27. The Morgan fingerprint density at radius 3 is 2.37 bits per heavy atom. The third-order valence-electron chi connectivity index (χ3n) is 4.06. The summed E-state index contributed by atoms with van der Waals surface area (Å²) in [6, 6.07) is 16.3. The number of hydrogen-bond acceptors (Lipinski definition) is 4. The van der Waals surface area contributed by atoms with Crippen LogP contribution in [0.4, 0.5) is 5.69 Å². The highest BCUT2D eigenvalue weighted by Gasteiger charge is 2.20. The molecule has 0 fully saturated rings. The van der Waals surface area contributed by atoms with Gasteiger partial charge in [0.1, 0.15) is 0 Å². The monoisotopic (exact) mass is 388 g/mol. The standard InChI is InChI=1S/C20H24N2O4S/c1-16(23)18-11-6-12-19(14-18)21-20(24)15-22(27(2,25)26)13-7-10-17-8-4-3-5-9-17/h3-6,8-9,11-12,14H,7,10,13,15H2,1-2H3,(H,21,24). The molecule has 0 saturated carbocycles. The van der Waals surface area contributed by atoms with Gasteiger partial charge in [-0.05, 0) is 37.5 Å². The van der Waals surface area contributed by atoms with Gasteiger partial charge in [0.25, 0.3) is 0 Å². The van der Waals surface area contributed by atoms with E-state index in [1.807, 2.05) is 30.3 Å². The number of amides is 1. The summed E-state index contributed by atoms with van der Waals surface area (Å²) < 4.78 is 25.2. The van der Waals surface area contributed by atoms with Crippen molar-refractivity contribution in [1.82, 2.24) is 4.31 Å². The Morgan fingerprint density at radius 1 is 1.04 bits per heavy atom. The maximum Gasteiger partial charge on any atom is 0.239 e. The fourth-order valence-corrected chi connectivity index (χ4v) is 3.46. The fourth-order valence-electron chi connectivity index (χ4n) is 2.64. The fraction of sp³-hybridized carbons (Fsp3) is 0.300. The van der Waals surface area contributed by atoms with E-state index in [1.165, 1.54) is 11.2 Å². The summed E-state index contributed by atoms with van der Waals surface area (Å²) in [5.74, 6) is -0.550. The Bertz CT molecular complexity index is 895. The molecule has 0 bridgehead atoms. The molecule has 7 heteroatoms. The summed E-state index contributed by atoms with van der Waals surface area (Å²) in [6.07, 6.45) is 2.44. The van der Waals surface area contributed by atoms with E-state index in [9.17, 15) is 18.0 Å². The number of anilines is 1. The number of hydrogen-bond donors (Lipinski definition) is 1. The summed E-state index contributed by atoms with van der Waals surface area (Å²) in [6.45, 7) is 1.44. The second-order valence-corrected chi connectivity index (χ2v) is 8.35. The molecule has 0 unspecified atom stereocenters. The third-order valence-corrected chi connectivity index (χ3v) is 5.31. The average Bonchev–Trinajstić information content (AvgIpc) is 2.61. The number of benzene rings is 2. The maximum absolute atomic E-state index is 12.3. The van der Waals surface area contributed by atoms with Gasteiger partial charge < -0.3 is 5.32 Å². The topological polar surface area (TPSA) is 83.6 Å². The second kappa shape index (κ2) is 9.43. The Labute approximate surface area is 160 Å². The van der Waals surface area contributed by atoms with Gasteiger partial charge in [-0.15, -0.1) is 0 Å². The minimum absolute atomic E-state index is 0.107. The normalized spacial score (nSPS) is 11.4. The smallest absolute Gasteiger partial charge is 0.239 e. The van der Waals surface area contributed by atoms with Crippen molar-refractivity contribution in [1.29, 1.82) is 0 Å². The van der Waals surface area contributed by atoms with Crippen LogP contribution in [0.2, 0.25) is 0 Å². The summed E-state index contributed by atoms with van der Waals surface area (Å²) >= 11 is 0. The van der Waals surface area contributed by atoms with Gasteiger partial charge >= 0.3 is 0 Å². The highest BCUT2D eigenvalue weighted by molar-refractivity contribution is 7.88. The van der Waals surface area contributed by atoms with Crippen molar-refractivity contribution in [3.63, 3.8) is 0 Å². The molecule has 1 N–H and O–H groups in total. The van der Waals surface area contributed by atoms with Crippen molar-refractivity contribution in [3.05, 3.63) is 65.7 Å². The van der Waals surface area contributed by atoms with E-state index in [-0.39, 0.29) is 18.9 Å². The lowest BCUT2D eigenvalue weighted by Crippen LogP contribution is -2.38. The average molecular weight is 388 g/mol. The lowest BCUT2D eigenvalue weighted by molar-refractivity contribution is -0.116. The summed E-state index contributed by atoms with van der Waals surface area (Å²) in [5.41, 5.74) is 2.07. The largest absolute Gasteiger partial charge is 0.325 e. The van der Waals surface area contributed by atoms with Gasteiger partial charge in [0.05, 0.1) is 12.8 Å². The molecule has 0 saturated heterocycles. The van der Waals surface area contributed by atoms with Crippen LogP contribution in [-0.4, -0.2) is 43.8 Å². The van der Waals surface area contributed by atoms with Gasteiger partial charge in [-0.25, -0.2) is 8.42 Å². The number of sulfonamides is 1. The highest BCUT2D eigenvalue weighted by Crippen LogP contribution is 2.12. The molecular weight excluding hydrogens is 364 g/mol.